The zero-order valence-electron chi connectivity index (χ0n) is 17.8. The molecule has 2 aliphatic rings. The van der Waals surface area contributed by atoms with Crippen molar-refractivity contribution in [2.45, 2.75) is 65.9 Å². The minimum atomic E-state index is -0.501. The van der Waals surface area contributed by atoms with Gasteiger partial charge in [-0.15, -0.1) is 0 Å². The maximum Gasteiger partial charge on any atom is 0.410 e. The van der Waals surface area contributed by atoms with Gasteiger partial charge in [0.15, 0.2) is 0 Å². The number of hydrogen-bond donors (Lipinski definition) is 0. The second kappa shape index (κ2) is 8.02. The topological polar surface area (TPSA) is 59.1 Å². The molecular formula is C22H32N2O4. The van der Waals surface area contributed by atoms with Crippen molar-refractivity contribution in [1.82, 2.24) is 4.90 Å². The highest BCUT2D eigenvalue weighted by molar-refractivity contribution is 5.96. The molecule has 28 heavy (non-hydrogen) atoms. The van der Waals surface area contributed by atoms with Gasteiger partial charge in [-0.1, -0.05) is 6.92 Å². The zero-order valence-corrected chi connectivity index (χ0v) is 17.8. The lowest BCUT2D eigenvalue weighted by Crippen LogP contribution is -2.38. The number of carbonyl (C=O) groups is 2. The van der Waals surface area contributed by atoms with Crippen LogP contribution in [-0.2, 0) is 22.4 Å². The van der Waals surface area contributed by atoms with Crippen LogP contribution in [0.1, 0.15) is 57.2 Å². The Bertz CT molecular complexity index is 767. The SMILES string of the molecule is CCCC(=O)N1CCOc2cc3c(c(C)c21)CCN(C(=O)OC(C)(C)C)CC3. The maximum atomic E-state index is 12.6. The Kier molecular flexibility index (Phi) is 5.87. The summed E-state index contributed by atoms with van der Waals surface area (Å²) in [5.74, 6) is 0.941. The van der Waals surface area contributed by atoms with Crippen LogP contribution in [0.15, 0.2) is 6.07 Å². The van der Waals surface area contributed by atoms with Crippen molar-refractivity contribution in [3.8, 4) is 5.75 Å². The van der Waals surface area contributed by atoms with E-state index < -0.39 is 5.60 Å². The van der Waals surface area contributed by atoms with Gasteiger partial charge in [0.05, 0.1) is 12.2 Å². The third-order valence-electron chi connectivity index (χ3n) is 5.28. The molecule has 2 heterocycles. The highest BCUT2D eigenvalue weighted by Crippen LogP contribution is 2.40. The van der Waals surface area contributed by atoms with Crippen LogP contribution in [-0.4, -0.2) is 48.7 Å². The van der Waals surface area contributed by atoms with E-state index in [0.717, 1.165) is 36.3 Å². The molecule has 1 aromatic rings. The van der Waals surface area contributed by atoms with Gasteiger partial charge >= 0.3 is 6.09 Å². The van der Waals surface area contributed by atoms with E-state index in [4.69, 9.17) is 9.47 Å². The Morgan fingerprint density at radius 1 is 1.18 bits per heavy atom. The predicted octanol–water partition coefficient (Wildman–Crippen LogP) is 3.86. The minimum Gasteiger partial charge on any atom is -0.490 e. The van der Waals surface area contributed by atoms with Crippen molar-refractivity contribution in [1.29, 1.82) is 0 Å². The second-order valence-electron chi connectivity index (χ2n) is 8.60. The summed E-state index contributed by atoms with van der Waals surface area (Å²) in [6.07, 6.45) is 2.63. The highest BCUT2D eigenvalue weighted by atomic mass is 16.6. The predicted molar refractivity (Wildman–Crippen MR) is 109 cm³/mol. The summed E-state index contributed by atoms with van der Waals surface area (Å²) in [5, 5.41) is 0. The Labute approximate surface area is 167 Å². The van der Waals surface area contributed by atoms with Gasteiger partial charge in [-0.05, 0) is 69.7 Å². The number of hydrogen-bond acceptors (Lipinski definition) is 4. The molecule has 0 fully saturated rings. The third kappa shape index (κ3) is 4.26. The molecule has 1 aromatic carbocycles. The average Bonchev–Trinajstić information content (AvgIpc) is 2.83. The van der Waals surface area contributed by atoms with Crippen LogP contribution in [0.3, 0.4) is 0 Å². The summed E-state index contributed by atoms with van der Waals surface area (Å²) in [6, 6.07) is 2.07. The Balaban J connectivity index is 1.87. The Morgan fingerprint density at radius 2 is 1.89 bits per heavy atom. The van der Waals surface area contributed by atoms with E-state index >= 15 is 0 Å². The molecule has 0 radical (unpaired) electrons. The van der Waals surface area contributed by atoms with Crippen LogP contribution in [0.5, 0.6) is 5.75 Å². The number of anilines is 1. The number of amides is 2. The van der Waals surface area contributed by atoms with Gasteiger partial charge in [0.2, 0.25) is 5.91 Å². The van der Waals surface area contributed by atoms with Crippen molar-refractivity contribution < 1.29 is 19.1 Å². The van der Waals surface area contributed by atoms with E-state index in [9.17, 15) is 9.59 Å². The van der Waals surface area contributed by atoms with E-state index in [1.165, 1.54) is 11.1 Å². The number of carbonyl (C=O) groups excluding carboxylic acids is 2. The molecule has 0 aliphatic carbocycles. The molecule has 6 heteroatoms. The first-order valence-corrected chi connectivity index (χ1v) is 10.3. The van der Waals surface area contributed by atoms with Crippen molar-refractivity contribution in [2.75, 3.05) is 31.1 Å². The van der Waals surface area contributed by atoms with Crippen molar-refractivity contribution in [3.05, 3.63) is 22.8 Å². The molecule has 154 valence electrons. The van der Waals surface area contributed by atoms with Gasteiger partial charge in [0, 0.05) is 19.5 Å². The molecule has 0 aromatic heterocycles. The molecular weight excluding hydrogens is 356 g/mol. The first-order chi connectivity index (χ1) is 13.2. The van der Waals surface area contributed by atoms with E-state index in [-0.39, 0.29) is 12.0 Å². The van der Waals surface area contributed by atoms with Gasteiger partial charge < -0.3 is 19.3 Å². The quantitative estimate of drug-likeness (QED) is 0.772. The molecule has 0 N–H and O–H groups in total. The molecule has 0 atom stereocenters. The zero-order chi connectivity index (χ0) is 20.5. The van der Waals surface area contributed by atoms with Crippen LogP contribution in [0.25, 0.3) is 0 Å². The first kappa shape index (κ1) is 20.5. The molecule has 0 spiro atoms. The van der Waals surface area contributed by atoms with E-state index in [1.807, 2.05) is 32.6 Å². The van der Waals surface area contributed by atoms with Gasteiger partial charge in [-0.3, -0.25) is 4.79 Å². The molecule has 0 saturated carbocycles. The number of fused-ring (bicyclic) bond motifs is 2. The van der Waals surface area contributed by atoms with Crippen LogP contribution < -0.4 is 9.64 Å². The Morgan fingerprint density at radius 3 is 2.57 bits per heavy atom. The van der Waals surface area contributed by atoms with Crippen LogP contribution >= 0.6 is 0 Å². The lowest BCUT2D eigenvalue weighted by Gasteiger charge is -2.32. The maximum absolute atomic E-state index is 12.6. The molecule has 0 bridgehead atoms. The second-order valence-corrected chi connectivity index (χ2v) is 8.60. The van der Waals surface area contributed by atoms with E-state index in [0.29, 0.717) is 32.7 Å². The summed E-state index contributed by atoms with van der Waals surface area (Å²) in [6.45, 7) is 12.1. The van der Waals surface area contributed by atoms with E-state index in [2.05, 4.69) is 13.0 Å². The molecule has 6 nitrogen and oxygen atoms in total. The molecule has 2 amide bonds. The summed E-state index contributed by atoms with van der Waals surface area (Å²) in [4.78, 5) is 28.8. The fourth-order valence-electron chi connectivity index (χ4n) is 3.98. The minimum absolute atomic E-state index is 0.152. The molecule has 0 unspecified atom stereocenters. The summed E-state index contributed by atoms with van der Waals surface area (Å²) in [7, 11) is 0. The number of ether oxygens (including phenoxy) is 2. The highest BCUT2D eigenvalue weighted by Gasteiger charge is 2.30. The monoisotopic (exact) mass is 388 g/mol. The van der Waals surface area contributed by atoms with E-state index in [1.54, 1.807) is 4.90 Å². The smallest absolute Gasteiger partial charge is 0.410 e. The van der Waals surface area contributed by atoms with Gasteiger partial charge in [0.1, 0.15) is 18.0 Å². The van der Waals surface area contributed by atoms with Crippen molar-refractivity contribution in [2.24, 2.45) is 0 Å². The van der Waals surface area contributed by atoms with Crippen LogP contribution in [0.2, 0.25) is 0 Å². The van der Waals surface area contributed by atoms with Gasteiger partial charge in [-0.25, -0.2) is 4.79 Å². The average molecular weight is 389 g/mol. The largest absolute Gasteiger partial charge is 0.490 e. The van der Waals surface area contributed by atoms with Crippen molar-refractivity contribution in [3.63, 3.8) is 0 Å². The summed E-state index contributed by atoms with van der Waals surface area (Å²) < 4.78 is 11.5. The van der Waals surface area contributed by atoms with Gasteiger partial charge in [-0.2, -0.15) is 0 Å². The lowest BCUT2D eigenvalue weighted by molar-refractivity contribution is -0.118. The Hall–Kier alpha value is -2.24. The fraction of sp³-hybridized carbons (Fsp3) is 0.636. The standard InChI is InChI=1S/C22H32N2O4/c1-6-7-19(25)24-12-13-27-18-14-16-8-10-23(21(26)28-22(3,4)5)11-9-17(16)15(2)20(18)24/h14H,6-13H2,1-5H3. The number of rotatable bonds is 2. The first-order valence-electron chi connectivity index (χ1n) is 10.3. The number of nitrogens with zero attached hydrogens (tertiary/aromatic N) is 2. The van der Waals surface area contributed by atoms with Gasteiger partial charge in [0.25, 0.3) is 0 Å². The lowest BCUT2D eigenvalue weighted by atomic mass is 9.94. The molecule has 3 rings (SSSR count). The van der Waals surface area contributed by atoms with Crippen LogP contribution in [0.4, 0.5) is 10.5 Å². The van der Waals surface area contributed by atoms with Crippen LogP contribution in [0, 0.1) is 6.92 Å². The normalized spacial score (nSPS) is 16.6. The van der Waals surface area contributed by atoms with Crippen molar-refractivity contribution >= 4 is 17.7 Å². The number of benzene rings is 1. The fourth-order valence-corrected chi connectivity index (χ4v) is 3.98. The molecule has 2 aliphatic heterocycles. The summed E-state index contributed by atoms with van der Waals surface area (Å²) in [5.41, 5.74) is 3.94. The molecule has 0 saturated heterocycles. The summed E-state index contributed by atoms with van der Waals surface area (Å²) >= 11 is 0. The third-order valence-corrected chi connectivity index (χ3v) is 5.28.